The third-order valence-electron chi connectivity index (χ3n) is 4.93. The van der Waals surface area contributed by atoms with Crippen molar-refractivity contribution >= 4 is 40.2 Å². The first-order valence-corrected chi connectivity index (χ1v) is 8.69. The van der Waals surface area contributed by atoms with Gasteiger partial charge in [0.2, 0.25) is 0 Å². The minimum Gasteiger partial charge on any atom is -0.398 e. The molecule has 1 aromatic carbocycles. The Morgan fingerprint density at radius 1 is 1.32 bits per heavy atom. The number of benzene rings is 1. The van der Waals surface area contributed by atoms with Crippen LogP contribution in [0.1, 0.15) is 33.3 Å². The zero-order valence-corrected chi connectivity index (χ0v) is 16.1. The molecule has 7 heteroatoms. The summed E-state index contributed by atoms with van der Waals surface area (Å²) in [6, 6.07) is 5.22. The van der Waals surface area contributed by atoms with Gasteiger partial charge in [0.05, 0.1) is 29.0 Å². The highest BCUT2D eigenvalue weighted by Crippen LogP contribution is 2.44. The quantitative estimate of drug-likeness (QED) is 0.427. The van der Waals surface area contributed by atoms with E-state index in [4.69, 9.17) is 15.7 Å². The number of rotatable bonds is 2. The summed E-state index contributed by atoms with van der Waals surface area (Å²) < 4.78 is 27.5. The maximum atomic E-state index is 15.3. The third-order valence-corrected chi connectivity index (χ3v) is 5.42. The van der Waals surface area contributed by atoms with Gasteiger partial charge in [0.25, 0.3) is 5.91 Å². The average molecular weight is 406 g/mol. The third kappa shape index (κ3) is 2.82. The number of carbonyl (C=O) groups is 1. The lowest BCUT2D eigenvalue weighted by molar-refractivity contribution is -0.112. The molecule has 1 amide bonds. The first-order valence-electron chi connectivity index (χ1n) is 7.89. The zero-order chi connectivity index (χ0) is 18.6. The standard InChI is InChI=1S/C18H18BBrFNO3/c1-6-9-22-13-8-7-11(20)10-12(13)14(16(22)23)15(21)19-24-17(2,3)18(4,5)25-19/h1,7-8,10H,9H2,2-5H3. The maximum Gasteiger partial charge on any atom is 0.526 e. The van der Waals surface area contributed by atoms with Gasteiger partial charge in [-0.15, -0.1) is 6.42 Å². The molecule has 2 heterocycles. The van der Waals surface area contributed by atoms with Crippen LogP contribution in [-0.4, -0.2) is 30.8 Å². The average Bonchev–Trinajstić information content (AvgIpc) is 2.89. The first-order chi connectivity index (χ1) is 11.6. The Bertz CT molecular complexity index is 812. The molecule has 4 nitrogen and oxygen atoms in total. The molecule has 25 heavy (non-hydrogen) atoms. The number of terminal acetylenes is 1. The molecule has 0 N–H and O–H groups in total. The van der Waals surface area contributed by atoms with Crippen molar-refractivity contribution in [2.45, 2.75) is 38.9 Å². The van der Waals surface area contributed by atoms with E-state index < -0.39 is 30.0 Å². The Hall–Kier alpha value is -1.62. The van der Waals surface area contributed by atoms with Crippen LogP contribution in [0, 0.1) is 12.3 Å². The number of hydrogen-bond donors (Lipinski definition) is 0. The number of fused-ring (bicyclic) bond motifs is 1. The van der Waals surface area contributed by atoms with Gasteiger partial charge in [0.15, 0.2) is 0 Å². The number of nitrogens with zero attached hydrogens (tertiary/aromatic N) is 1. The number of hydrogen-bond acceptors (Lipinski definition) is 3. The molecule has 0 saturated carbocycles. The van der Waals surface area contributed by atoms with Crippen LogP contribution in [0.15, 0.2) is 28.4 Å². The zero-order valence-electron chi connectivity index (χ0n) is 14.5. The number of halogens is 2. The van der Waals surface area contributed by atoms with Crippen molar-refractivity contribution < 1.29 is 18.5 Å². The second kappa shape index (κ2) is 5.98. The van der Waals surface area contributed by atoms with E-state index in [9.17, 15) is 4.79 Å². The molecule has 2 aliphatic heterocycles. The number of carbonyl (C=O) groups excluding carboxylic acids is 1. The summed E-state index contributed by atoms with van der Waals surface area (Å²) in [7, 11) is -1.23. The van der Waals surface area contributed by atoms with Gasteiger partial charge in [-0.1, -0.05) is 21.9 Å². The van der Waals surface area contributed by atoms with Crippen molar-refractivity contribution in [2.24, 2.45) is 0 Å². The van der Waals surface area contributed by atoms with Crippen molar-refractivity contribution in [3.8, 4) is 12.3 Å². The molecular weight excluding hydrogens is 388 g/mol. The summed E-state index contributed by atoms with van der Waals surface area (Å²) in [5.41, 5.74) is -1.15. The van der Waals surface area contributed by atoms with E-state index in [-0.39, 0.29) is 12.1 Å². The lowest BCUT2D eigenvalue weighted by Gasteiger charge is -2.32. The largest absolute Gasteiger partial charge is 0.526 e. The van der Waals surface area contributed by atoms with Gasteiger partial charge in [0, 0.05) is 10.0 Å². The molecule has 0 spiro atoms. The highest BCUT2D eigenvalue weighted by molar-refractivity contribution is 9.10. The van der Waals surface area contributed by atoms with Crippen LogP contribution in [0.2, 0.25) is 0 Å². The van der Waals surface area contributed by atoms with Crippen LogP contribution >= 0.6 is 15.9 Å². The fourth-order valence-electron chi connectivity index (χ4n) is 2.85. The Labute approximate surface area is 155 Å². The molecular formula is C18H18BBrFNO3. The molecule has 1 aromatic rings. The summed E-state index contributed by atoms with van der Waals surface area (Å²) >= 11 is 3.36. The van der Waals surface area contributed by atoms with Crippen molar-refractivity contribution in [3.05, 3.63) is 34.0 Å². The van der Waals surface area contributed by atoms with Crippen molar-refractivity contribution in [3.63, 3.8) is 0 Å². The molecule has 0 bridgehead atoms. The fourth-order valence-corrected chi connectivity index (χ4v) is 3.21. The normalized spacial score (nSPS) is 22.8. The minimum absolute atomic E-state index is 0.0631. The second-order valence-corrected chi connectivity index (χ2v) is 7.98. The predicted octanol–water partition coefficient (Wildman–Crippen LogP) is 3.74. The highest BCUT2D eigenvalue weighted by Gasteiger charge is 2.54. The summed E-state index contributed by atoms with van der Waals surface area (Å²) in [5, 5.41) is 0. The van der Waals surface area contributed by atoms with Crippen molar-refractivity contribution in [2.75, 3.05) is 11.4 Å². The van der Waals surface area contributed by atoms with Crippen LogP contribution in [0.3, 0.4) is 0 Å². The SMILES string of the molecule is C#CCN1C(=O)C(=C(F)B2OC(C)(C)C(C)(C)O2)c2cc(Br)ccc21. The van der Waals surface area contributed by atoms with E-state index in [1.54, 1.807) is 18.2 Å². The summed E-state index contributed by atoms with van der Waals surface area (Å²) in [6.45, 7) is 7.38. The molecule has 130 valence electrons. The smallest absolute Gasteiger partial charge is 0.398 e. The monoisotopic (exact) mass is 405 g/mol. The summed E-state index contributed by atoms with van der Waals surface area (Å²) in [6.07, 6.45) is 5.36. The van der Waals surface area contributed by atoms with Gasteiger partial charge < -0.3 is 9.31 Å². The van der Waals surface area contributed by atoms with Gasteiger partial charge in [0.1, 0.15) is 5.73 Å². The summed E-state index contributed by atoms with van der Waals surface area (Å²) in [5.74, 6) is 1.95. The van der Waals surface area contributed by atoms with Crippen LogP contribution in [0.25, 0.3) is 5.57 Å². The van der Waals surface area contributed by atoms with E-state index in [0.29, 0.717) is 11.3 Å². The second-order valence-electron chi connectivity index (χ2n) is 7.07. The predicted molar refractivity (Wildman–Crippen MR) is 99.4 cm³/mol. The van der Waals surface area contributed by atoms with Crippen LogP contribution in [0.5, 0.6) is 0 Å². The van der Waals surface area contributed by atoms with E-state index >= 15 is 4.39 Å². The highest BCUT2D eigenvalue weighted by atomic mass is 79.9. The molecule has 0 atom stereocenters. The van der Waals surface area contributed by atoms with Crippen LogP contribution < -0.4 is 4.90 Å². The van der Waals surface area contributed by atoms with Gasteiger partial charge in [-0.05, 0) is 45.9 Å². The molecule has 0 aromatic heterocycles. The van der Waals surface area contributed by atoms with Crippen LogP contribution in [-0.2, 0) is 14.1 Å². The van der Waals surface area contributed by atoms with Gasteiger partial charge in [-0.3, -0.25) is 9.69 Å². The van der Waals surface area contributed by atoms with E-state index in [1.165, 1.54) is 4.90 Å². The van der Waals surface area contributed by atoms with Gasteiger partial charge in [-0.2, -0.15) is 0 Å². The summed E-state index contributed by atoms with van der Waals surface area (Å²) in [4.78, 5) is 14.2. The topological polar surface area (TPSA) is 38.8 Å². The molecule has 3 rings (SSSR count). The molecule has 0 unspecified atom stereocenters. The number of amides is 1. The van der Waals surface area contributed by atoms with Gasteiger partial charge in [-0.25, -0.2) is 4.39 Å². The molecule has 0 radical (unpaired) electrons. The molecule has 1 fully saturated rings. The Balaban J connectivity index is 2.11. The fraction of sp³-hybridized carbons (Fsp3) is 0.389. The van der Waals surface area contributed by atoms with Gasteiger partial charge >= 0.3 is 7.12 Å². The lowest BCUT2D eigenvalue weighted by Crippen LogP contribution is -2.41. The Morgan fingerprint density at radius 3 is 2.48 bits per heavy atom. The van der Waals surface area contributed by atoms with Crippen LogP contribution in [0.4, 0.5) is 10.1 Å². The molecule has 1 saturated heterocycles. The van der Waals surface area contributed by atoms with E-state index in [1.807, 2.05) is 27.7 Å². The maximum absolute atomic E-state index is 15.3. The first kappa shape index (κ1) is 18.2. The lowest BCUT2D eigenvalue weighted by atomic mass is 9.83. The Kier molecular flexibility index (Phi) is 4.35. The minimum atomic E-state index is -1.23. The molecule has 0 aliphatic carbocycles. The van der Waals surface area contributed by atoms with E-state index in [0.717, 1.165) is 4.47 Å². The number of anilines is 1. The van der Waals surface area contributed by atoms with E-state index in [2.05, 4.69) is 21.9 Å². The molecule has 2 aliphatic rings. The Morgan fingerprint density at radius 2 is 1.92 bits per heavy atom. The van der Waals surface area contributed by atoms with Crippen molar-refractivity contribution in [1.82, 2.24) is 0 Å². The van der Waals surface area contributed by atoms with Crippen molar-refractivity contribution in [1.29, 1.82) is 0 Å².